The summed E-state index contributed by atoms with van der Waals surface area (Å²) in [6.45, 7) is 0. The Balaban J connectivity index is 2.51. The van der Waals surface area contributed by atoms with Gasteiger partial charge in [0.2, 0.25) is 5.91 Å². The van der Waals surface area contributed by atoms with E-state index in [1.807, 2.05) is 12.1 Å². The fourth-order valence-electron chi connectivity index (χ4n) is 2.51. The van der Waals surface area contributed by atoms with Crippen LogP contribution in [0.15, 0.2) is 36.4 Å². The van der Waals surface area contributed by atoms with Crippen molar-refractivity contribution in [2.24, 2.45) is 5.73 Å². The zero-order chi connectivity index (χ0) is 12.9. The van der Waals surface area contributed by atoms with Crippen molar-refractivity contribution in [1.82, 2.24) is 0 Å². The second-order valence-corrected chi connectivity index (χ2v) is 4.13. The van der Waals surface area contributed by atoms with Gasteiger partial charge in [-0.25, -0.2) is 4.79 Å². The third kappa shape index (κ3) is 1.20. The summed E-state index contributed by atoms with van der Waals surface area (Å²) in [4.78, 5) is 22.9. The van der Waals surface area contributed by atoms with Crippen LogP contribution in [0, 0.1) is 0 Å². The van der Waals surface area contributed by atoms with Crippen molar-refractivity contribution in [2.45, 2.75) is 0 Å². The standard InChI is InChI=1S/C14H9NO3/c15-13(16)11-8-5-1-3-7-4-2-6-9(10(7)8)12(11)14(17)18/h1-6H,(H2,15,16)(H,17,18). The highest BCUT2D eigenvalue weighted by molar-refractivity contribution is 6.44. The number of carbonyl (C=O) groups excluding carboxylic acids is 1. The summed E-state index contributed by atoms with van der Waals surface area (Å²) in [7, 11) is 0. The molecule has 0 bridgehead atoms. The molecular formula is C14H9NO3. The summed E-state index contributed by atoms with van der Waals surface area (Å²) in [5, 5.41) is 11.0. The Morgan fingerprint density at radius 2 is 1.50 bits per heavy atom. The van der Waals surface area contributed by atoms with Gasteiger partial charge in [-0.3, -0.25) is 4.79 Å². The lowest BCUT2D eigenvalue weighted by Gasteiger charge is -2.02. The summed E-state index contributed by atoms with van der Waals surface area (Å²) >= 11 is 0. The quantitative estimate of drug-likeness (QED) is 0.835. The SMILES string of the molecule is NC(=O)C1=C(C(=O)O)c2cccc3cccc1c23. The lowest BCUT2D eigenvalue weighted by atomic mass is 10.0. The van der Waals surface area contributed by atoms with Crippen LogP contribution in [0.25, 0.3) is 21.9 Å². The van der Waals surface area contributed by atoms with Crippen LogP contribution in [0.5, 0.6) is 0 Å². The zero-order valence-corrected chi connectivity index (χ0v) is 9.31. The van der Waals surface area contributed by atoms with Crippen LogP contribution in [-0.4, -0.2) is 17.0 Å². The molecule has 88 valence electrons. The van der Waals surface area contributed by atoms with Gasteiger partial charge in [-0.2, -0.15) is 0 Å². The van der Waals surface area contributed by atoms with Gasteiger partial charge in [-0.05, 0) is 21.9 Å². The Hall–Kier alpha value is -2.62. The van der Waals surface area contributed by atoms with E-state index in [-0.39, 0.29) is 11.1 Å². The number of aliphatic carboxylic acids is 1. The van der Waals surface area contributed by atoms with E-state index in [1.54, 1.807) is 24.3 Å². The zero-order valence-electron chi connectivity index (χ0n) is 9.31. The number of hydrogen-bond acceptors (Lipinski definition) is 2. The Morgan fingerprint density at radius 3 is 2.00 bits per heavy atom. The molecule has 1 aliphatic carbocycles. The van der Waals surface area contributed by atoms with Crippen LogP contribution in [0.1, 0.15) is 11.1 Å². The van der Waals surface area contributed by atoms with Gasteiger partial charge in [0.15, 0.2) is 0 Å². The Morgan fingerprint density at radius 1 is 0.944 bits per heavy atom. The highest BCUT2D eigenvalue weighted by atomic mass is 16.4. The topological polar surface area (TPSA) is 80.4 Å². The first-order chi connectivity index (χ1) is 8.61. The van der Waals surface area contributed by atoms with Crippen molar-refractivity contribution in [3.63, 3.8) is 0 Å². The maximum Gasteiger partial charge on any atom is 0.337 e. The number of nitrogens with two attached hydrogens (primary N) is 1. The molecule has 0 atom stereocenters. The van der Waals surface area contributed by atoms with Crippen LogP contribution < -0.4 is 5.73 Å². The molecule has 0 radical (unpaired) electrons. The largest absolute Gasteiger partial charge is 0.478 e. The van der Waals surface area contributed by atoms with Gasteiger partial charge >= 0.3 is 5.97 Å². The molecular weight excluding hydrogens is 230 g/mol. The fourth-order valence-corrected chi connectivity index (χ4v) is 2.51. The first-order valence-electron chi connectivity index (χ1n) is 5.41. The second kappa shape index (κ2) is 3.43. The van der Waals surface area contributed by atoms with Gasteiger partial charge in [-0.15, -0.1) is 0 Å². The summed E-state index contributed by atoms with van der Waals surface area (Å²) in [6.07, 6.45) is 0. The molecule has 4 heteroatoms. The number of rotatable bonds is 2. The summed E-state index contributed by atoms with van der Waals surface area (Å²) in [5.74, 6) is -1.84. The van der Waals surface area contributed by atoms with E-state index in [4.69, 9.17) is 5.73 Å². The van der Waals surface area contributed by atoms with Crippen molar-refractivity contribution in [1.29, 1.82) is 0 Å². The predicted molar refractivity (Wildman–Crippen MR) is 67.6 cm³/mol. The van der Waals surface area contributed by atoms with Crippen LogP contribution in [-0.2, 0) is 9.59 Å². The Bertz CT molecular complexity index is 685. The van der Waals surface area contributed by atoms with E-state index < -0.39 is 11.9 Å². The van der Waals surface area contributed by atoms with Crippen molar-refractivity contribution in [2.75, 3.05) is 0 Å². The van der Waals surface area contributed by atoms with Gasteiger partial charge in [0.25, 0.3) is 0 Å². The third-order valence-electron chi connectivity index (χ3n) is 3.15. The minimum atomic E-state index is -1.13. The first-order valence-corrected chi connectivity index (χ1v) is 5.41. The summed E-state index contributed by atoms with van der Waals surface area (Å²) < 4.78 is 0. The van der Waals surface area contributed by atoms with E-state index in [2.05, 4.69) is 0 Å². The number of carboxylic acids is 1. The average molecular weight is 239 g/mol. The van der Waals surface area contributed by atoms with E-state index in [0.29, 0.717) is 11.1 Å². The van der Waals surface area contributed by atoms with Crippen molar-refractivity contribution in [3.05, 3.63) is 47.5 Å². The number of carbonyl (C=O) groups is 2. The van der Waals surface area contributed by atoms with Gasteiger partial charge in [0.05, 0.1) is 11.1 Å². The fraction of sp³-hybridized carbons (Fsp3) is 0. The van der Waals surface area contributed by atoms with E-state index in [1.165, 1.54) is 0 Å². The van der Waals surface area contributed by atoms with E-state index >= 15 is 0 Å². The van der Waals surface area contributed by atoms with Crippen molar-refractivity contribution < 1.29 is 14.7 Å². The van der Waals surface area contributed by atoms with Crippen LogP contribution in [0.4, 0.5) is 0 Å². The van der Waals surface area contributed by atoms with Crippen molar-refractivity contribution >= 4 is 33.8 Å². The first kappa shape index (κ1) is 10.5. The summed E-state index contributed by atoms with van der Waals surface area (Å²) in [5.41, 5.74) is 6.57. The molecule has 0 aliphatic heterocycles. The molecule has 3 rings (SSSR count). The van der Waals surface area contributed by atoms with Crippen molar-refractivity contribution in [3.8, 4) is 0 Å². The lowest BCUT2D eigenvalue weighted by Crippen LogP contribution is -2.15. The van der Waals surface area contributed by atoms with E-state index in [0.717, 1.165) is 10.8 Å². The normalized spacial score (nSPS) is 13.1. The summed E-state index contributed by atoms with van der Waals surface area (Å²) in [6, 6.07) is 10.7. The lowest BCUT2D eigenvalue weighted by molar-refractivity contribution is -0.130. The van der Waals surface area contributed by atoms with E-state index in [9.17, 15) is 14.7 Å². The molecule has 0 spiro atoms. The Kier molecular flexibility index (Phi) is 2.01. The number of hydrogen-bond donors (Lipinski definition) is 2. The smallest absolute Gasteiger partial charge is 0.337 e. The minimum Gasteiger partial charge on any atom is -0.478 e. The molecule has 0 saturated heterocycles. The maximum atomic E-state index is 11.5. The molecule has 0 aromatic heterocycles. The highest BCUT2D eigenvalue weighted by Gasteiger charge is 2.30. The molecule has 1 amide bonds. The van der Waals surface area contributed by atoms with Crippen LogP contribution >= 0.6 is 0 Å². The minimum absolute atomic E-state index is 0.00528. The molecule has 4 nitrogen and oxygen atoms in total. The molecule has 2 aromatic carbocycles. The third-order valence-corrected chi connectivity index (χ3v) is 3.15. The van der Waals surface area contributed by atoms with Gasteiger partial charge < -0.3 is 10.8 Å². The number of benzene rings is 2. The monoisotopic (exact) mass is 239 g/mol. The second-order valence-electron chi connectivity index (χ2n) is 4.13. The number of primary amides is 1. The molecule has 2 aromatic rings. The number of carboxylic acid groups (broad SMARTS) is 1. The molecule has 0 saturated carbocycles. The van der Waals surface area contributed by atoms with Crippen LogP contribution in [0.2, 0.25) is 0 Å². The molecule has 1 aliphatic rings. The molecule has 0 heterocycles. The maximum absolute atomic E-state index is 11.5. The average Bonchev–Trinajstić information content (AvgIpc) is 2.67. The molecule has 3 N–H and O–H groups in total. The molecule has 18 heavy (non-hydrogen) atoms. The molecule has 0 fully saturated rings. The predicted octanol–water partition coefficient (Wildman–Crippen LogP) is 1.63. The highest BCUT2D eigenvalue weighted by Crippen LogP contribution is 2.41. The van der Waals surface area contributed by atoms with Crippen LogP contribution in [0.3, 0.4) is 0 Å². The van der Waals surface area contributed by atoms with Gasteiger partial charge in [0, 0.05) is 0 Å². The number of amides is 1. The Labute approximate surface area is 102 Å². The molecule has 0 unspecified atom stereocenters. The van der Waals surface area contributed by atoms with Gasteiger partial charge in [0.1, 0.15) is 0 Å². The van der Waals surface area contributed by atoms with Gasteiger partial charge in [-0.1, -0.05) is 36.4 Å².